The molecule has 180 valence electrons. The third kappa shape index (κ3) is 4.91. The Labute approximate surface area is 214 Å². The SMILES string of the molecule is CSc1nc2ccc(C(=O)NS(=O)(=O)c3ccccc3)cc2n1Cc1ccc(-c2ccccc2)cc1. The van der Waals surface area contributed by atoms with Gasteiger partial charge in [0.25, 0.3) is 15.9 Å². The smallest absolute Gasteiger partial charge is 0.265 e. The molecule has 1 aromatic heterocycles. The summed E-state index contributed by atoms with van der Waals surface area (Å²) >= 11 is 1.52. The average molecular weight is 514 g/mol. The van der Waals surface area contributed by atoms with Crippen LogP contribution < -0.4 is 4.72 Å². The summed E-state index contributed by atoms with van der Waals surface area (Å²) in [5, 5.41) is 0.812. The minimum Gasteiger partial charge on any atom is -0.314 e. The van der Waals surface area contributed by atoms with E-state index in [1.807, 2.05) is 29.0 Å². The van der Waals surface area contributed by atoms with Crippen LogP contribution >= 0.6 is 11.8 Å². The maximum absolute atomic E-state index is 12.9. The summed E-state index contributed by atoms with van der Waals surface area (Å²) in [5.74, 6) is -0.689. The summed E-state index contributed by atoms with van der Waals surface area (Å²) in [7, 11) is -3.97. The Kier molecular flexibility index (Phi) is 6.63. The molecule has 0 radical (unpaired) electrons. The largest absolute Gasteiger partial charge is 0.314 e. The van der Waals surface area contributed by atoms with Gasteiger partial charge in [0.2, 0.25) is 0 Å². The first-order valence-electron chi connectivity index (χ1n) is 11.3. The Bertz CT molecular complexity index is 1630. The monoisotopic (exact) mass is 513 g/mol. The molecule has 5 rings (SSSR count). The number of nitrogens with zero attached hydrogens (tertiary/aromatic N) is 2. The number of thioether (sulfide) groups is 1. The molecule has 6 nitrogen and oxygen atoms in total. The van der Waals surface area contributed by atoms with Gasteiger partial charge in [-0.1, -0.05) is 84.6 Å². The van der Waals surface area contributed by atoms with Crippen molar-refractivity contribution >= 4 is 38.7 Å². The summed E-state index contributed by atoms with van der Waals surface area (Å²) in [4.78, 5) is 17.6. The van der Waals surface area contributed by atoms with Crippen molar-refractivity contribution in [3.05, 3.63) is 114 Å². The molecule has 1 amide bonds. The maximum Gasteiger partial charge on any atom is 0.265 e. The lowest BCUT2D eigenvalue weighted by atomic mass is 10.0. The Morgan fingerprint density at radius 3 is 2.17 bits per heavy atom. The molecule has 4 aromatic carbocycles. The number of rotatable bonds is 7. The molecule has 0 aliphatic heterocycles. The molecule has 0 fully saturated rings. The van der Waals surface area contributed by atoms with E-state index in [4.69, 9.17) is 4.98 Å². The van der Waals surface area contributed by atoms with Crippen LogP contribution in [0, 0.1) is 0 Å². The van der Waals surface area contributed by atoms with Gasteiger partial charge in [0.1, 0.15) is 0 Å². The number of hydrogen-bond donors (Lipinski definition) is 1. The van der Waals surface area contributed by atoms with Crippen molar-refractivity contribution in [3.63, 3.8) is 0 Å². The molecule has 0 aliphatic carbocycles. The normalized spacial score (nSPS) is 11.5. The summed E-state index contributed by atoms with van der Waals surface area (Å²) in [5.41, 5.74) is 5.13. The molecule has 5 aromatic rings. The zero-order valence-electron chi connectivity index (χ0n) is 19.5. The quantitative estimate of drug-likeness (QED) is 0.287. The highest BCUT2D eigenvalue weighted by molar-refractivity contribution is 7.98. The highest BCUT2D eigenvalue weighted by Crippen LogP contribution is 2.26. The number of carbonyl (C=O) groups is 1. The predicted molar refractivity (Wildman–Crippen MR) is 144 cm³/mol. The molecule has 1 heterocycles. The van der Waals surface area contributed by atoms with Gasteiger partial charge in [-0.3, -0.25) is 4.79 Å². The van der Waals surface area contributed by atoms with E-state index >= 15 is 0 Å². The Hall–Kier alpha value is -3.88. The molecule has 0 saturated carbocycles. The van der Waals surface area contributed by atoms with Crippen LogP contribution in [0.1, 0.15) is 15.9 Å². The lowest BCUT2D eigenvalue weighted by Crippen LogP contribution is -2.30. The minimum absolute atomic E-state index is 0.0353. The number of fused-ring (bicyclic) bond motifs is 1. The molecule has 0 spiro atoms. The van der Waals surface area contributed by atoms with Gasteiger partial charge >= 0.3 is 0 Å². The molecule has 0 aliphatic rings. The second-order valence-corrected chi connectivity index (χ2v) is 10.7. The van der Waals surface area contributed by atoms with Crippen molar-refractivity contribution in [2.24, 2.45) is 0 Å². The lowest BCUT2D eigenvalue weighted by molar-refractivity contribution is 0.0981. The van der Waals surface area contributed by atoms with E-state index in [2.05, 4.69) is 41.1 Å². The van der Waals surface area contributed by atoms with Crippen LogP contribution in [0.5, 0.6) is 0 Å². The molecule has 0 bridgehead atoms. The van der Waals surface area contributed by atoms with Crippen LogP contribution in [0.3, 0.4) is 0 Å². The van der Waals surface area contributed by atoms with E-state index < -0.39 is 15.9 Å². The van der Waals surface area contributed by atoms with Crippen molar-refractivity contribution < 1.29 is 13.2 Å². The highest BCUT2D eigenvalue weighted by Gasteiger charge is 2.20. The number of benzene rings is 4. The van der Waals surface area contributed by atoms with Crippen LogP contribution in [-0.2, 0) is 16.6 Å². The fourth-order valence-electron chi connectivity index (χ4n) is 4.01. The van der Waals surface area contributed by atoms with E-state index in [0.717, 1.165) is 32.9 Å². The first kappa shape index (κ1) is 23.8. The first-order chi connectivity index (χ1) is 17.4. The Balaban J connectivity index is 1.44. The number of amides is 1. The van der Waals surface area contributed by atoms with E-state index in [1.54, 1.807) is 36.4 Å². The molecule has 0 saturated heterocycles. The number of aromatic nitrogens is 2. The molecule has 0 atom stereocenters. The van der Waals surface area contributed by atoms with E-state index in [1.165, 1.54) is 23.9 Å². The topological polar surface area (TPSA) is 81.1 Å². The van der Waals surface area contributed by atoms with Crippen LogP contribution in [0.4, 0.5) is 0 Å². The molecule has 36 heavy (non-hydrogen) atoms. The van der Waals surface area contributed by atoms with E-state index in [9.17, 15) is 13.2 Å². The molecular weight excluding hydrogens is 490 g/mol. The van der Waals surface area contributed by atoms with Crippen LogP contribution in [-0.4, -0.2) is 30.1 Å². The van der Waals surface area contributed by atoms with Crippen LogP contribution in [0.15, 0.2) is 113 Å². The number of nitrogens with one attached hydrogen (secondary N) is 1. The van der Waals surface area contributed by atoms with Crippen molar-refractivity contribution in [2.75, 3.05) is 6.26 Å². The van der Waals surface area contributed by atoms with E-state index in [-0.39, 0.29) is 10.5 Å². The Morgan fingerprint density at radius 1 is 0.861 bits per heavy atom. The van der Waals surface area contributed by atoms with Crippen molar-refractivity contribution in [3.8, 4) is 11.1 Å². The van der Waals surface area contributed by atoms with Crippen LogP contribution in [0.2, 0.25) is 0 Å². The average Bonchev–Trinajstić information content (AvgIpc) is 3.26. The number of imidazole rings is 1. The first-order valence-corrected chi connectivity index (χ1v) is 14.0. The number of hydrogen-bond acceptors (Lipinski definition) is 5. The number of carbonyl (C=O) groups excluding carboxylic acids is 1. The van der Waals surface area contributed by atoms with Gasteiger partial charge in [0.05, 0.1) is 22.5 Å². The standard InChI is InChI=1S/C28H23N3O3S2/c1-35-28-29-25-17-16-23(27(32)30-36(33,34)24-10-6-3-7-11-24)18-26(25)31(28)19-20-12-14-22(15-13-20)21-8-4-2-5-9-21/h2-18H,19H2,1H3,(H,30,32). The molecule has 0 unspecified atom stereocenters. The zero-order valence-corrected chi connectivity index (χ0v) is 21.1. The zero-order chi connectivity index (χ0) is 25.1. The van der Waals surface area contributed by atoms with E-state index in [0.29, 0.717) is 6.54 Å². The lowest BCUT2D eigenvalue weighted by Gasteiger charge is -2.10. The Morgan fingerprint density at radius 2 is 1.50 bits per heavy atom. The van der Waals surface area contributed by atoms with Gasteiger partial charge in [0.15, 0.2) is 5.16 Å². The van der Waals surface area contributed by atoms with Gasteiger partial charge in [-0.05, 0) is 53.3 Å². The maximum atomic E-state index is 12.9. The van der Waals surface area contributed by atoms with Crippen molar-refractivity contribution in [1.29, 1.82) is 0 Å². The summed E-state index contributed by atoms with van der Waals surface area (Å²) in [6.45, 7) is 0.565. The number of sulfonamides is 1. The van der Waals surface area contributed by atoms with Gasteiger partial charge in [-0.15, -0.1) is 0 Å². The van der Waals surface area contributed by atoms with Crippen molar-refractivity contribution in [1.82, 2.24) is 14.3 Å². The third-order valence-corrected chi connectivity index (χ3v) is 7.86. The summed E-state index contributed by atoms with van der Waals surface area (Å²) in [6.07, 6.45) is 1.95. The van der Waals surface area contributed by atoms with Gasteiger partial charge < -0.3 is 4.57 Å². The highest BCUT2D eigenvalue weighted by atomic mass is 32.2. The summed E-state index contributed by atoms with van der Waals surface area (Å²) in [6, 6.07) is 31.4. The second kappa shape index (κ2) is 10.0. The fraction of sp³-hybridized carbons (Fsp3) is 0.0714. The molecule has 8 heteroatoms. The van der Waals surface area contributed by atoms with Gasteiger partial charge in [-0.2, -0.15) is 0 Å². The predicted octanol–water partition coefficient (Wildman–Crippen LogP) is 5.59. The molecular formula is C28H23N3O3S2. The minimum atomic E-state index is -3.97. The van der Waals surface area contributed by atoms with Gasteiger partial charge in [0, 0.05) is 5.56 Å². The summed E-state index contributed by atoms with van der Waals surface area (Å²) < 4.78 is 29.4. The van der Waals surface area contributed by atoms with Gasteiger partial charge in [-0.25, -0.2) is 18.1 Å². The fourth-order valence-corrected chi connectivity index (χ4v) is 5.57. The van der Waals surface area contributed by atoms with Crippen molar-refractivity contribution in [2.45, 2.75) is 16.6 Å². The third-order valence-electron chi connectivity index (χ3n) is 5.84. The van der Waals surface area contributed by atoms with Crippen LogP contribution in [0.25, 0.3) is 22.2 Å². The molecule has 1 N–H and O–H groups in total. The second-order valence-electron chi connectivity index (χ2n) is 8.20.